The minimum Gasteiger partial charge on any atom is -0.369 e. The molecule has 2 rings (SSSR count). The van der Waals surface area contributed by atoms with Gasteiger partial charge < -0.3 is 5.73 Å². The molecule has 2 N–H and O–H groups in total. The van der Waals surface area contributed by atoms with Gasteiger partial charge in [-0.2, -0.15) is 0 Å². The fourth-order valence-corrected chi connectivity index (χ4v) is 4.49. The average molecular weight is 375 g/mol. The van der Waals surface area contributed by atoms with Crippen LogP contribution in [0.3, 0.4) is 0 Å². The Morgan fingerprint density at radius 2 is 2.30 bits per heavy atom. The third-order valence-electron chi connectivity index (χ3n) is 2.57. The molecule has 0 aliphatic rings. The molecule has 0 spiro atoms. The Balaban J connectivity index is 2.05. The van der Waals surface area contributed by atoms with Crippen LogP contribution in [0.1, 0.15) is 16.1 Å². The number of hydrogen-bond donors (Lipinski definition) is 1. The number of hydrogen-bond acceptors (Lipinski definition) is 4. The van der Waals surface area contributed by atoms with Crippen LogP contribution >= 0.6 is 39.0 Å². The normalized spacial score (nSPS) is 10.8. The SMILES string of the molecule is Cc1nc(SCc2ccc(F)cc2Br)sc1CC(N)=O. The molecule has 0 radical (unpaired) electrons. The van der Waals surface area contributed by atoms with Crippen LogP contribution in [0.5, 0.6) is 0 Å². The zero-order chi connectivity index (χ0) is 14.7. The molecular weight excluding hydrogens is 363 g/mol. The van der Waals surface area contributed by atoms with E-state index in [1.54, 1.807) is 17.8 Å². The van der Waals surface area contributed by atoms with E-state index >= 15 is 0 Å². The van der Waals surface area contributed by atoms with E-state index in [0.717, 1.165) is 24.9 Å². The number of nitrogens with zero attached hydrogens (tertiary/aromatic N) is 1. The molecule has 0 bridgehead atoms. The van der Waals surface area contributed by atoms with Crippen molar-refractivity contribution in [2.75, 3.05) is 0 Å². The van der Waals surface area contributed by atoms with E-state index in [0.29, 0.717) is 5.75 Å². The first-order valence-corrected chi connectivity index (χ1v) is 8.36. The van der Waals surface area contributed by atoms with E-state index in [-0.39, 0.29) is 18.1 Å². The first-order valence-electron chi connectivity index (χ1n) is 5.77. The van der Waals surface area contributed by atoms with Gasteiger partial charge in [0.25, 0.3) is 0 Å². The molecule has 0 fully saturated rings. The van der Waals surface area contributed by atoms with Crippen LogP contribution in [-0.2, 0) is 17.0 Å². The second-order valence-corrected chi connectivity index (χ2v) is 7.32. The number of amides is 1. The van der Waals surface area contributed by atoms with Gasteiger partial charge in [0.15, 0.2) is 4.34 Å². The maximum Gasteiger partial charge on any atom is 0.222 e. The highest BCUT2D eigenvalue weighted by Crippen LogP contribution is 2.32. The minimum atomic E-state index is -0.352. The summed E-state index contributed by atoms with van der Waals surface area (Å²) in [5.41, 5.74) is 7.04. The van der Waals surface area contributed by atoms with E-state index in [9.17, 15) is 9.18 Å². The Morgan fingerprint density at radius 3 is 2.95 bits per heavy atom. The summed E-state index contributed by atoms with van der Waals surface area (Å²) in [7, 11) is 0. The summed E-state index contributed by atoms with van der Waals surface area (Å²) in [6.45, 7) is 1.87. The number of thiazole rings is 1. The molecule has 1 aromatic carbocycles. The second kappa shape index (κ2) is 6.69. The van der Waals surface area contributed by atoms with Crippen molar-refractivity contribution < 1.29 is 9.18 Å². The highest BCUT2D eigenvalue weighted by Gasteiger charge is 2.11. The lowest BCUT2D eigenvalue weighted by Gasteiger charge is -2.02. The lowest BCUT2D eigenvalue weighted by atomic mass is 10.2. The van der Waals surface area contributed by atoms with Crippen LogP contribution in [0.15, 0.2) is 27.0 Å². The number of aromatic nitrogens is 1. The number of halogens is 2. The standard InChI is InChI=1S/C13H12BrFN2OS2/c1-7-11(5-12(16)18)20-13(17-7)19-6-8-2-3-9(15)4-10(8)14/h2-4H,5-6H2,1H3,(H2,16,18). The monoisotopic (exact) mass is 374 g/mol. The summed E-state index contributed by atoms with van der Waals surface area (Å²) in [5, 5.41) is 0. The molecule has 1 aromatic heterocycles. The topological polar surface area (TPSA) is 56.0 Å². The maximum absolute atomic E-state index is 13.0. The number of primary amides is 1. The molecule has 0 atom stereocenters. The summed E-state index contributed by atoms with van der Waals surface area (Å²) in [5.74, 6) is 0.0677. The molecule has 0 aliphatic heterocycles. The molecular formula is C13H12BrFN2OS2. The van der Waals surface area contributed by atoms with Gasteiger partial charge in [0, 0.05) is 15.1 Å². The van der Waals surface area contributed by atoms with Gasteiger partial charge in [-0.15, -0.1) is 11.3 Å². The van der Waals surface area contributed by atoms with Crippen molar-refractivity contribution in [3.63, 3.8) is 0 Å². The third-order valence-corrected chi connectivity index (χ3v) is 5.66. The number of carbonyl (C=O) groups excluding carboxylic acids is 1. The van der Waals surface area contributed by atoms with Crippen LogP contribution in [0.2, 0.25) is 0 Å². The Hall–Kier alpha value is -0.920. The first kappa shape index (κ1) is 15.5. The predicted octanol–water partition coefficient (Wildman–Crippen LogP) is 3.67. The maximum atomic E-state index is 13.0. The zero-order valence-electron chi connectivity index (χ0n) is 10.7. The number of thioether (sulfide) groups is 1. The summed E-state index contributed by atoms with van der Waals surface area (Å²) in [6, 6.07) is 4.63. The van der Waals surface area contributed by atoms with Crippen LogP contribution in [0, 0.1) is 12.7 Å². The van der Waals surface area contributed by atoms with Crippen molar-refractivity contribution in [1.82, 2.24) is 4.98 Å². The van der Waals surface area contributed by atoms with Crippen molar-refractivity contribution in [1.29, 1.82) is 0 Å². The smallest absolute Gasteiger partial charge is 0.222 e. The fraction of sp³-hybridized carbons (Fsp3) is 0.231. The van der Waals surface area contributed by atoms with Gasteiger partial charge >= 0.3 is 0 Å². The van der Waals surface area contributed by atoms with Gasteiger partial charge in [0.1, 0.15) is 5.82 Å². The summed E-state index contributed by atoms with van der Waals surface area (Å²) >= 11 is 6.38. The lowest BCUT2D eigenvalue weighted by Crippen LogP contribution is -2.13. The Bertz CT molecular complexity index is 645. The molecule has 3 nitrogen and oxygen atoms in total. The van der Waals surface area contributed by atoms with Crippen LogP contribution in [0.4, 0.5) is 4.39 Å². The highest BCUT2D eigenvalue weighted by atomic mass is 79.9. The molecule has 1 heterocycles. The molecule has 2 aromatic rings. The Labute approximate surface area is 132 Å². The Kier molecular flexibility index (Phi) is 5.17. The third kappa shape index (κ3) is 4.04. The fourth-order valence-electron chi connectivity index (χ4n) is 1.56. The number of aryl methyl sites for hydroxylation is 1. The number of rotatable bonds is 5. The lowest BCUT2D eigenvalue weighted by molar-refractivity contribution is -0.117. The molecule has 106 valence electrons. The molecule has 20 heavy (non-hydrogen) atoms. The van der Waals surface area contributed by atoms with Crippen molar-refractivity contribution >= 4 is 44.9 Å². The van der Waals surface area contributed by atoms with Gasteiger partial charge in [0.05, 0.1) is 12.1 Å². The van der Waals surface area contributed by atoms with Crippen molar-refractivity contribution in [3.8, 4) is 0 Å². The number of carbonyl (C=O) groups is 1. The second-order valence-electron chi connectivity index (χ2n) is 4.16. The number of benzene rings is 1. The zero-order valence-corrected chi connectivity index (χ0v) is 13.9. The minimum absolute atomic E-state index is 0.226. The van der Waals surface area contributed by atoms with Crippen LogP contribution in [-0.4, -0.2) is 10.9 Å². The molecule has 7 heteroatoms. The van der Waals surface area contributed by atoms with Crippen LogP contribution < -0.4 is 5.73 Å². The van der Waals surface area contributed by atoms with E-state index in [1.165, 1.54) is 23.5 Å². The highest BCUT2D eigenvalue weighted by molar-refractivity contribution is 9.10. The molecule has 1 amide bonds. The van der Waals surface area contributed by atoms with Crippen molar-refractivity contribution in [2.24, 2.45) is 5.73 Å². The summed E-state index contributed by atoms with van der Waals surface area (Å²) < 4.78 is 14.6. The molecule has 0 unspecified atom stereocenters. The van der Waals surface area contributed by atoms with Gasteiger partial charge in [-0.25, -0.2) is 9.37 Å². The molecule has 0 saturated heterocycles. The quantitative estimate of drug-likeness (QED) is 0.812. The van der Waals surface area contributed by atoms with E-state index in [2.05, 4.69) is 20.9 Å². The van der Waals surface area contributed by atoms with Crippen molar-refractivity contribution in [3.05, 3.63) is 44.6 Å². The Morgan fingerprint density at radius 1 is 1.55 bits per heavy atom. The molecule has 0 aliphatic carbocycles. The summed E-state index contributed by atoms with van der Waals surface area (Å²) in [6.07, 6.45) is 0.226. The van der Waals surface area contributed by atoms with Crippen molar-refractivity contribution in [2.45, 2.75) is 23.4 Å². The van der Waals surface area contributed by atoms with Crippen LogP contribution in [0.25, 0.3) is 0 Å². The van der Waals surface area contributed by atoms with Gasteiger partial charge in [0.2, 0.25) is 5.91 Å². The van der Waals surface area contributed by atoms with Gasteiger partial charge in [-0.05, 0) is 24.6 Å². The average Bonchev–Trinajstić information content (AvgIpc) is 2.68. The molecule has 0 saturated carbocycles. The predicted molar refractivity (Wildman–Crippen MR) is 83.4 cm³/mol. The first-order chi connectivity index (χ1) is 9.45. The van der Waals surface area contributed by atoms with E-state index in [4.69, 9.17) is 5.73 Å². The van der Waals surface area contributed by atoms with E-state index in [1.807, 2.05) is 6.92 Å². The summed E-state index contributed by atoms with van der Waals surface area (Å²) in [4.78, 5) is 16.3. The number of nitrogens with two attached hydrogens (primary N) is 1. The van der Waals surface area contributed by atoms with E-state index < -0.39 is 0 Å². The van der Waals surface area contributed by atoms with Gasteiger partial charge in [-0.3, -0.25) is 4.79 Å². The largest absolute Gasteiger partial charge is 0.369 e. The van der Waals surface area contributed by atoms with Gasteiger partial charge in [-0.1, -0.05) is 33.8 Å².